The van der Waals surface area contributed by atoms with E-state index in [0.29, 0.717) is 23.7 Å². The number of benzene rings is 2. The molecular formula is C23H29N3O4S. The Morgan fingerprint density at radius 2 is 1.74 bits per heavy atom. The van der Waals surface area contributed by atoms with Gasteiger partial charge in [-0.15, -0.1) is 0 Å². The minimum atomic E-state index is -0.434. The molecule has 0 heterocycles. The Morgan fingerprint density at radius 1 is 0.968 bits per heavy atom. The number of ether oxygens (including phenoxy) is 2. The second-order valence-corrected chi connectivity index (χ2v) is 7.47. The van der Waals surface area contributed by atoms with E-state index in [0.717, 1.165) is 30.4 Å². The maximum Gasteiger partial charge on any atom is 0.276 e. The fraction of sp³-hybridized carbons (Fsp3) is 0.348. The van der Waals surface area contributed by atoms with Crippen molar-refractivity contribution in [2.75, 3.05) is 13.2 Å². The van der Waals surface area contributed by atoms with Crippen LogP contribution in [0.4, 0.5) is 0 Å². The lowest BCUT2D eigenvalue weighted by molar-refractivity contribution is -0.123. The number of nitrogens with one attached hydrogen (secondary N) is 3. The molecule has 31 heavy (non-hydrogen) atoms. The summed E-state index contributed by atoms with van der Waals surface area (Å²) in [6.07, 6.45) is 3.07. The van der Waals surface area contributed by atoms with Crippen molar-refractivity contribution in [1.82, 2.24) is 16.2 Å². The summed E-state index contributed by atoms with van der Waals surface area (Å²) in [5.74, 6) is 0.262. The number of rotatable bonds is 9. The van der Waals surface area contributed by atoms with E-state index >= 15 is 0 Å². The largest absolute Gasteiger partial charge is 0.493 e. The van der Waals surface area contributed by atoms with Crippen LogP contribution in [0.25, 0.3) is 0 Å². The van der Waals surface area contributed by atoms with E-state index in [1.54, 1.807) is 24.3 Å². The zero-order valence-corrected chi connectivity index (χ0v) is 18.9. The summed E-state index contributed by atoms with van der Waals surface area (Å²) in [5, 5.41) is 2.49. The van der Waals surface area contributed by atoms with Gasteiger partial charge in [0.1, 0.15) is 11.5 Å². The van der Waals surface area contributed by atoms with Gasteiger partial charge in [-0.2, -0.15) is 0 Å². The normalized spacial score (nSPS) is 10.2. The van der Waals surface area contributed by atoms with Crippen molar-refractivity contribution in [3.8, 4) is 11.5 Å². The van der Waals surface area contributed by atoms with Crippen molar-refractivity contribution < 1.29 is 19.1 Å². The fourth-order valence-electron chi connectivity index (χ4n) is 2.78. The first-order valence-corrected chi connectivity index (χ1v) is 10.6. The number of hydrogen-bond donors (Lipinski definition) is 3. The van der Waals surface area contributed by atoms with E-state index in [1.165, 1.54) is 0 Å². The van der Waals surface area contributed by atoms with Crippen LogP contribution in [0.1, 0.15) is 47.7 Å². The molecule has 0 saturated heterocycles. The van der Waals surface area contributed by atoms with E-state index < -0.39 is 11.8 Å². The Balaban J connectivity index is 1.79. The average molecular weight is 444 g/mol. The molecule has 0 unspecified atom stereocenters. The average Bonchev–Trinajstić information content (AvgIpc) is 2.75. The standard InChI is InChI=1S/C23H29N3O4S/c1-4-5-8-13-29-20-10-7-6-9-18(20)22(28)24-23(31)26-25-21(27)15-30-19-12-11-16(2)14-17(19)3/h6-7,9-12,14H,4-5,8,13,15H2,1-3H3,(H,25,27)(H2,24,26,28,31). The predicted molar refractivity (Wildman–Crippen MR) is 124 cm³/mol. The molecule has 0 atom stereocenters. The third-order valence-corrected chi connectivity index (χ3v) is 4.57. The lowest BCUT2D eigenvalue weighted by Gasteiger charge is -2.14. The molecule has 2 aromatic carbocycles. The number of hydrogen-bond acceptors (Lipinski definition) is 5. The zero-order chi connectivity index (χ0) is 22.6. The van der Waals surface area contributed by atoms with Crippen LogP contribution in [0.5, 0.6) is 11.5 Å². The molecular weight excluding hydrogens is 414 g/mol. The summed E-state index contributed by atoms with van der Waals surface area (Å²) >= 11 is 5.09. The molecule has 0 aliphatic carbocycles. The first kappa shape index (κ1) is 24.1. The van der Waals surface area contributed by atoms with Gasteiger partial charge in [-0.05, 0) is 56.2 Å². The summed E-state index contributed by atoms with van der Waals surface area (Å²) in [7, 11) is 0. The van der Waals surface area contributed by atoms with Crippen LogP contribution in [0.3, 0.4) is 0 Å². The summed E-state index contributed by atoms with van der Waals surface area (Å²) in [6, 6.07) is 12.6. The van der Waals surface area contributed by atoms with Crippen molar-refractivity contribution in [1.29, 1.82) is 0 Å². The molecule has 0 bridgehead atoms. The van der Waals surface area contributed by atoms with Gasteiger partial charge in [0.2, 0.25) is 0 Å². The molecule has 0 radical (unpaired) electrons. The molecule has 3 N–H and O–H groups in total. The highest BCUT2D eigenvalue weighted by Gasteiger charge is 2.14. The van der Waals surface area contributed by atoms with Crippen molar-refractivity contribution >= 4 is 29.1 Å². The third-order valence-electron chi connectivity index (χ3n) is 4.37. The molecule has 2 aromatic rings. The minimum absolute atomic E-state index is 0.0364. The highest BCUT2D eigenvalue weighted by molar-refractivity contribution is 7.80. The van der Waals surface area contributed by atoms with Crippen LogP contribution < -0.4 is 25.6 Å². The predicted octanol–water partition coefficient (Wildman–Crippen LogP) is 3.59. The number of aryl methyl sites for hydroxylation is 2. The van der Waals surface area contributed by atoms with Gasteiger partial charge in [0, 0.05) is 0 Å². The number of amides is 2. The van der Waals surface area contributed by atoms with Crippen molar-refractivity contribution in [2.45, 2.75) is 40.0 Å². The summed E-state index contributed by atoms with van der Waals surface area (Å²) < 4.78 is 11.2. The summed E-state index contributed by atoms with van der Waals surface area (Å²) in [6.45, 7) is 6.36. The zero-order valence-electron chi connectivity index (χ0n) is 18.1. The van der Waals surface area contributed by atoms with Crippen molar-refractivity contribution in [2.24, 2.45) is 0 Å². The minimum Gasteiger partial charge on any atom is -0.493 e. The van der Waals surface area contributed by atoms with Crippen LogP contribution in [0.15, 0.2) is 42.5 Å². The smallest absolute Gasteiger partial charge is 0.276 e. The van der Waals surface area contributed by atoms with Crippen LogP contribution in [0, 0.1) is 13.8 Å². The maximum atomic E-state index is 12.5. The second-order valence-electron chi connectivity index (χ2n) is 7.07. The van der Waals surface area contributed by atoms with Crippen LogP contribution in [-0.2, 0) is 4.79 Å². The molecule has 166 valence electrons. The van der Waals surface area contributed by atoms with Gasteiger partial charge in [0.05, 0.1) is 12.2 Å². The van der Waals surface area contributed by atoms with Gasteiger partial charge in [-0.3, -0.25) is 25.8 Å². The molecule has 0 spiro atoms. The van der Waals surface area contributed by atoms with Gasteiger partial charge in [0.15, 0.2) is 11.7 Å². The molecule has 2 amide bonds. The van der Waals surface area contributed by atoms with Gasteiger partial charge in [-0.25, -0.2) is 0 Å². The molecule has 0 fully saturated rings. The molecule has 2 rings (SSSR count). The number of thiocarbonyl (C=S) groups is 1. The first-order chi connectivity index (χ1) is 14.9. The molecule has 0 saturated carbocycles. The number of carbonyl (C=O) groups excluding carboxylic acids is 2. The maximum absolute atomic E-state index is 12.5. The Labute approximate surface area is 188 Å². The van der Waals surface area contributed by atoms with E-state index in [4.69, 9.17) is 21.7 Å². The third kappa shape index (κ3) is 8.25. The first-order valence-electron chi connectivity index (χ1n) is 10.2. The summed E-state index contributed by atoms with van der Waals surface area (Å²) in [4.78, 5) is 24.5. The van der Waals surface area contributed by atoms with Crippen molar-refractivity contribution in [3.63, 3.8) is 0 Å². The van der Waals surface area contributed by atoms with Gasteiger partial charge < -0.3 is 9.47 Å². The molecule has 0 aromatic heterocycles. The number of para-hydroxylation sites is 1. The lowest BCUT2D eigenvalue weighted by atomic mass is 10.1. The van der Waals surface area contributed by atoms with Crippen LogP contribution in [-0.4, -0.2) is 30.1 Å². The summed E-state index contributed by atoms with van der Waals surface area (Å²) in [5.41, 5.74) is 7.33. The Morgan fingerprint density at radius 3 is 2.48 bits per heavy atom. The number of carbonyl (C=O) groups is 2. The SMILES string of the molecule is CCCCCOc1ccccc1C(=O)NC(=S)NNC(=O)COc1ccc(C)cc1C. The van der Waals surface area contributed by atoms with E-state index in [2.05, 4.69) is 23.1 Å². The van der Waals surface area contributed by atoms with Gasteiger partial charge in [-0.1, -0.05) is 49.6 Å². The highest BCUT2D eigenvalue weighted by atomic mass is 32.1. The highest BCUT2D eigenvalue weighted by Crippen LogP contribution is 2.19. The van der Waals surface area contributed by atoms with Gasteiger partial charge in [0.25, 0.3) is 11.8 Å². The quantitative estimate of drug-likeness (QED) is 0.312. The number of hydrazine groups is 1. The molecule has 7 nitrogen and oxygen atoms in total. The number of unbranched alkanes of at least 4 members (excludes halogenated alkanes) is 2. The molecule has 0 aliphatic rings. The van der Waals surface area contributed by atoms with E-state index in [-0.39, 0.29) is 11.7 Å². The van der Waals surface area contributed by atoms with E-state index in [9.17, 15) is 9.59 Å². The van der Waals surface area contributed by atoms with E-state index in [1.807, 2.05) is 32.0 Å². The van der Waals surface area contributed by atoms with Crippen LogP contribution in [0.2, 0.25) is 0 Å². The van der Waals surface area contributed by atoms with Gasteiger partial charge >= 0.3 is 0 Å². The Hall–Kier alpha value is -3.13. The Kier molecular flexibility index (Phi) is 9.77. The molecule has 8 heteroatoms. The van der Waals surface area contributed by atoms with Crippen LogP contribution >= 0.6 is 12.2 Å². The molecule has 0 aliphatic heterocycles. The topological polar surface area (TPSA) is 88.7 Å². The fourth-order valence-corrected chi connectivity index (χ4v) is 2.93. The van der Waals surface area contributed by atoms with Crippen molar-refractivity contribution in [3.05, 3.63) is 59.2 Å². The lowest BCUT2D eigenvalue weighted by Crippen LogP contribution is -2.49. The Bertz CT molecular complexity index is 917. The second kappa shape index (κ2) is 12.5. The monoisotopic (exact) mass is 443 g/mol.